The molecule has 0 radical (unpaired) electrons. The highest BCUT2D eigenvalue weighted by molar-refractivity contribution is 5.40. The van der Waals surface area contributed by atoms with Crippen LogP contribution < -0.4 is 10.6 Å². The molecule has 146 valence electrons. The Balaban J connectivity index is 3.07. The topological polar surface area (TPSA) is 86.5 Å². The van der Waals surface area contributed by atoms with Crippen molar-refractivity contribution in [2.75, 3.05) is 10.6 Å². The minimum atomic E-state index is -0.204. The first-order valence-electron chi connectivity index (χ1n) is 9.23. The molecule has 0 unspecified atom stereocenters. The molecular formula is C20H36N6. The first kappa shape index (κ1) is 22.1. The lowest BCUT2D eigenvalue weighted by Gasteiger charge is -2.34. The van der Waals surface area contributed by atoms with Crippen molar-refractivity contribution < 1.29 is 0 Å². The molecule has 0 saturated heterocycles. The van der Waals surface area contributed by atoms with Crippen LogP contribution in [0.15, 0.2) is 0 Å². The molecule has 26 heavy (non-hydrogen) atoms. The van der Waals surface area contributed by atoms with Gasteiger partial charge in [-0.05, 0) is 51.4 Å². The van der Waals surface area contributed by atoms with Crippen LogP contribution in [0.2, 0.25) is 0 Å². The molecule has 1 aromatic rings. The number of hydrogen-bond acceptors (Lipinski definition) is 6. The fraction of sp³-hybridized carbons (Fsp3) is 0.800. The maximum absolute atomic E-state index is 9.30. The van der Waals surface area contributed by atoms with Gasteiger partial charge in [0.15, 0.2) is 0 Å². The molecule has 1 aromatic heterocycles. The van der Waals surface area contributed by atoms with Crippen LogP contribution in [0.25, 0.3) is 0 Å². The van der Waals surface area contributed by atoms with Crippen molar-refractivity contribution in [1.29, 1.82) is 5.26 Å². The molecule has 1 heterocycles. The third-order valence-corrected chi connectivity index (χ3v) is 3.58. The fourth-order valence-electron chi connectivity index (χ4n) is 3.88. The summed E-state index contributed by atoms with van der Waals surface area (Å²) < 4.78 is 0. The molecule has 0 aliphatic carbocycles. The summed E-state index contributed by atoms with van der Waals surface area (Å²) in [5, 5.41) is 16.0. The van der Waals surface area contributed by atoms with Gasteiger partial charge in [-0.15, -0.1) is 0 Å². The largest absolute Gasteiger partial charge is 0.349 e. The molecule has 0 spiro atoms. The van der Waals surface area contributed by atoms with Crippen molar-refractivity contribution in [2.24, 2.45) is 10.8 Å². The van der Waals surface area contributed by atoms with Gasteiger partial charge >= 0.3 is 0 Å². The zero-order valence-corrected chi connectivity index (χ0v) is 18.2. The Morgan fingerprint density at radius 3 is 1.31 bits per heavy atom. The summed E-state index contributed by atoms with van der Waals surface area (Å²) in [6, 6.07) is 2.03. The van der Waals surface area contributed by atoms with Crippen molar-refractivity contribution in [2.45, 2.75) is 93.2 Å². The van der Waals surface area contributed by atoms with E-state index in [0.29, 0.717) is 11.9 Å². The number of nitrogens with one attached hydrogen (secondary N) is 2. The van der Waals surface area contributed by atoms with E-state index in [4.69, 9.17) is 0 Å². The van der Waals surface area contributed by atoms with Crippen molar-refractivity contribution in [1.82, 2.24) is 15.0 Å². The molecule has 6 nitrogen and oxygen atoms in total. The third kappa shape index (κ3) is 8.46. The van der Waals surface area contributed by atoms with E-state index in [0.717, 1.165) is 12.8 Å². The number of aromatic nitrogens is 3. The maximum Gasteiger partial charge on any atom is 0.238 e. The number of hydrogen-bond donors (Lipinski definition) is 2. The van der Waals surface area contributed by atoms with Gasteiger partial charge in [0, 0.05) is 11.1 Å². The highest BCUT2D eigenvalue weighted by atomic mass is 15.2. The lowest BCUT2D eigenvalue weighted by atomic mass is 9.82. The highest BCUT2D eigenvalue weighted by Crippen LogP contribution is 2.30. The lowest BCUT2D eigenvalue weighted by Crippen LogP contribution is -2.38. The summed E-state index contributed by atoms with van der Waals surface area (Å²) in [5.74, 6) is 0.975. The van der Waals surface area contributed by atoms with E-state index in [1.54, 1.807) is 0 Å². The Morgan fingerprint density at radius 1 is 0.692 bits per heavy atom. The normalized spacial score (nSPS) is 13.3. The van der Waals surface area contributed by atoms with Gasteiger partial charge in [0.05, 0.1) is 0 Å². The van der Waals surface area contributed by atoms with Gasteiger partial charge in [0.2, 0.25) is 17.7 Å². The van der Waals surface area contributed by atoms with E-state index < -0.39 is 0 Å². The van der Waals surface area contributed by atoms with Gasteiger partial charge in [0.25, 0.3) is 0 Å². The molecule has 0 aromatic carbocycles. The van der Waals surface area contributed by atoms with Crippen molar-refractivity contribution in [3.63, 3.8) is 0 Å². The summed E-state index contributed by atoms with van der Waals surface area (Å²) in [7, 11) is 0. The first-order chi connectivity index (χ1) is 11.5. The Bertz CT molecular complexity index is 608. The fourth-order valence-corrected chi connectivity index (χ4v) is 3.88. The second kappa shape index (κ2) is 7.38. The molecule has 0 fully saturated rings. The van der Waals surface area contributed by atoms with E-state index >= 15 is 0 Å². The molecule has 0 atom stereocenters. The van der Waals surface area contributed by atoms with Crippen molar-refractivity contribution in [3.05, 3.63) is 5.82 Å². The molecule has 0 aliphatic rings. The Hall–Kier alpha value is -1.90. The van der Waals surface area contributed by atoms with Gasteiger partial charge in [0.1, 0.15) is 6.07 Å². The molecule has 0 bridgehead atoms. The second-order valence-corrected chi connectivity index (χ2v) is 10.9. The monoisotopic (exact) mass is 360 g/mol. The summed E-state index contributed by atoms with van der Waals surface area (Å²) in [6.45, 7) is 21.7. The van der Waals surface area contributed by atoms with E-state index in [9.17, 15) is 5.26 Å². The Labute approximate surface area is 159 Å². The van der Waals surface area contributed by atoms with Gasteiger partial charge < -0.3 is 10.6 Å². The van der Waals surface area contributed by atoms with Gasteiger partial charge in [-0.25, -0.2) is 0 Å². The molecule has 0 amide bonds. The minimum absolute atomic E-state index is 0.114. The predicted octanol–water partition coefficient (Wildman–Crippen LogP) is 5.00. The predicted molar refractivity (Wildman–Crippen MR) is 108 cm³/mol. The number of nitriles is 1. The van der Waals surface area contributed by atoms with Crippen LogP contribution in [-0.2, 0) is 0 Å². The van der Waals surface area contributed by atoms with Gasteiger partial charge in [-0.3, -0.25) is 0 Å². The molecule has 0 saturated carbocycles. The summed E-state index contributed by atoms with van der Waals surface area (Å²) in [6.07, 6.45) is 1.87. The summed E-state index contributed by atoms with van der Waals surface area (Å²) >= 11 is 0. The van der Waals surface area contributed by atoms with Crippen LogP contribution in [0.1, 0.15) is 87.9 Å². The summed E-state index contributed by atoms with van der Waals surface area (Å²) in [5.41, 5.74) is -0.0796. The smallest absolute Gasteiger partial charge is 0.238 e. The molecule has 1 rings (SSSR count). The average molecular weight is 361 g/mol. The number of anilines is 2. The van der Waals surface area contributed by atoms with Crippen LogP contribution in [0.5, 0.6) is 0 Å². The SMILES string of the molecule is CC(C)(C)CC(C)(C)Nc1nc(C#N)nc(NC(C)(C)CC(C)(C)C)n1. The quantitative estimate of drug-likeness (QED) is 0.742. The van der Waals surface area contributed by atoms with Crippen LogP contribution in [-0.4, -0.2) is 26.0 Å². The van der Waals surface area contributed by atoms with E-state index in [-0.39, 0.29) is 27.7 Å². The first-order valence-corrected chi connectivity index (χ1v) is 9.23. The molecular weight excluding hydrogens is 324 g/mol. The summed E-state index contributed by atoms with van der Waals surface area (Å²) in [4.78, 5) is 13.0. The van der Waals surface area contributed by atoms with Crippen LogP contribution in [0, 0.1) is 22.2 Å². The second-order valence-electron chi connectivity index (χ2n) is 10.9. The van der Waals surface area contributed by atoms with Crippen LogP contribution >= 0.6 is 0 Å². The highest BCUT2D eigenvalue weighted by Gasteiger charge is 2.28. The van der Waals surface area contributed by atoms with Gasteiger partial charge in [-0.1, -0.05) is 41.5 Å². The maximum atomic E-state index is 9.30. The van der Waals surface area contributed by atoms with E-state index in [1.807, 2.05) is 6.07 Å². The number of rotatable bonds is 6. The van der Waals surface area contributed by atoms with Crippen LogP contribution in [0.4, 0.5) is 11.9 Å². The van der Waals surface area contributed by atoms with Gasteiger partial charge in [-0.2, -0.15) is 20.2 Å². The zero-order valence-electron chi connectivity index (χ0n) is 18.2. The van der Waals surface area contributed by atoms with Crippen LogP contribution in [0.3, 0.4) is 0 Å². The Kier molecular flexibility index (Phi) is 6.28. The lowest BCUT2D eigenvalue weighted by molar-refractivity contribution is 0.300. The van der Waals surface area contributed by atoms with Crippen molar-refractivity contribution >= 4 is 11.9 Å². The number of nitrogens with zero attached hydrogens (tertiary/aromatic N) is 4. The standard InChI is InChI=1S/C20H36N6/c1-17(2,3)12-19(7,8)25-15-22-14(11-21)23-16(24-15)26-20(9,10)13-18(4,5)6/h12-13H2,1-10H3,(H2,22,23,24,25,26). The average Bonchev–Trinajstić information content (AvgIpc) is 2.30. The third-order valence-electron chi connectivity index (χ3n) is 3.58. The molecule has 6 heteroatoms. The van der Waals surface area contributed by atoms with E-state index in [1.165, 1.54) is 0 Å². The zero-order chi connectivity index (χ0) is 20.4. The minimum Gasteiger partial charge on any atom is -0.349 e. The van der Waals surface area contributed by atoms with Crippen molar-refractivity contribution in [3.8, 4) is 6.07 Å². The molecule has 0 aliphatic heterocycles. The van der Waals surface area contributed by atoms with E-state index in [2.05, 4.69) is 94.8 Å². The molecule has 2 N–H and O–H groups in total. The Morgan fingerprint density at radius 2 is 1.04 bits per heavy atom.